The molecule has 0 aromatic carbocycles. The Balaban J connectivity index is 2.25. The lowest BCUT2D eigenvalue weighted by atomic mass is 10.2. The summed E-state index contributed by atoms with van der Waals surface area (Å²) in [5.41, 5.74) is -0.978. The second kappa shape index (κ2) is 3.09. The standard InChI is InChI=1S/C8H12F2O4P/c1-4-5-8(2,15(5,9)10)14-6(11)7(12-3)13-4/h4-5,7H,1-3H3/q+1. The maximum atomic E-state index is 13.4. The summed E-state index contributed by atoms with van der Waals surface area (Å²) in [5.74, 6) is -0.869. The van der Waals surface area contributed by atoms with Gasteiger partial charge in [-0.2, -0.15) is 0 Å². The van der Waals surface area contributed by atoms with Crippen molar-refractivity contribution in [1.29, 1.82) is 0 Å². The van der Waals surface area contributed by atoms with Gasteiger partial charge >= 0.3 is 19.2 Å². The van der Waals surface area contributed by atoms with Gasteiger partial charge < -0.3 is 14.2 Å². The van der Waals surface area contributed by atoms with Crippen LogP contribution in [0.1, 0.15) is 13.8 Å². The van der Waals surface area contributed by atoms with Crippen LogP contribution in [0.4, 0.5) is 8.39 Å². The molecule has 0 aromatic rings. The molecule has 0 aliphatic carbocycles. The normalized spacial score (nSPS) is 47.8. The molecular formula is C8H12F2O4P+. The first-order chi connectivity index (χ1) is 6.84. The van der Waals surface area contributed by atoms with Gasteiger partial charge in [0.25, 0.3) is 6.29 Å². The van der Waals surface area contributed by atoms with Crippen molar-refractivity contribution >= 4 is 13.9 Å². The van der Waals surface area contributed by atoms with E-state index >= 15 is 0 Å². The maximum absolute atomic E-state index is 13.4. The molecule has 0 bridgehead atoms. The van der Waals surface area contributed by atoms with Crippen LogP contribution in [0, 0.1) is 0 Å². The minimum absolute atomic E-state index is 0.727. The average molecular weight is 241 g/mol. The Hall–Kier alpha value is -0.320. The van der Waals surface area contributed by atoms with Crippen molar-refractivity contribution in [3.63, 3.8) is 0 Å². The number of fused-ring (bicyclic) bond motifs is 1. The molecule has 2 aliphatic rings. The fraction of sp³-hybridized carbons (Fsp3) is 0.875. The highest BCUT2D eigenvalue weighted by molar-refractivity contribution is 7.76. The molecule has 2 saturated heterocycles. The zero-order chi connectivity index (χ0) is 11.4. The first-order valence-corrected chi connectivity index (χ1v) is 6.18. The molecule has 86 valence electrons. The van der Waals surface area contributed by atoms with Gasteiger partial charge in [0.2, 0.25) is 5.66 Å². The van der Waals surface area contributed by atoms with E-state index < -0.39 is 37.2 Å². The monoisotopic (exact) mass is 241 g/mol. The highest BCUT2D eigenvalue weighted by Gasteiger charge is 2.97. The molecule has 7 heteroatoms. The molecule has 0 spiro atoms. The summed E-state index contributed by atoms with van der Waals surface area (Å²) in [4.78, 5) is 11.3. The van der Waals surface area contributed by atoms with Crippen molar-refractivity contribution < 1.29 is 27.4 Å². The highest BCUT2D eigenvalue weighted by Crippen LogP contribution is 2.95. The predicted molar refractivity (Wildman–Crippen MR) is 48.8 cm³/mol. The van der Waals surface area contributed by atoms with E-state index in [0.29, 0.717) is 0 Å². The first kappa shape index (κ1) is 11.2. The van der Waals surface area contributed by atoms with Crippen LogP contribution in [0.2, 0.25) is 0 Å². The summed E-state index contributed by atoms with van der Waals surface area (Å²) in [5, 5.41) is -1.63. The SMILES string of the molecule is COC1OC(C)C2C(C)(OC1=O)[P+]2(F)F. The molecule has 4 unspecified atom stereocenters. The first-order valence-electron chi connectivity index (χ1n) is 4.54. The number of hydrogen-bond acceptors (Lipinski definition) is 4. The number of ether oxygens (including phenoxy) is 3. The Morgan fingerprint density at radius 2 is 2.13 bits per heavy atom. The fourth-order valence-electron chi connectivity index (χ4n) is 2.03. The van der Waals surface area contributed by atoms with Crippen molar-refractivity contribution in [2.75, 3.05) is 7.11 Å². The summed E-state index contributed by atoms with van der Waals surface area (Å²) in [6.07, 6.45) is -1.92. The van der Waals surface area contributed by atoms with E-state index in [1.165, 1.54) is 21.0 Å². The van der Waals surface area contributed by atoms with Crippen LogP contribution in [0.3, 0.4) is 0 Å². The van der Waals surface area contributed by atoms with E-state index in [-0.39, 0.29) is 0 Å². The van der Waals surface area contributed by atoms with Gasteiger partial charge in [0.1, 0.15) is 6.10 Å². The zero-order valence-corrected chi connectivity index (χ0v) is 9.46. The van der Waals surface area contributed by atoms with Crippen LogP contribution in [0.5, 0.6) is 0 Å². The number of methoxy groups -OCH3 is 1. The van der Waals surface area contributed by atoms with E-state index in [9.17, 15) is 13.2 Å². The second-order valence-corrected chi connectivity index (χ2v) is 6.45. The Bertz CT molecular complexity index is 311. The maximum Gasteiger partial charge on any atom is 0.449 e. The molecule has 2 heterocycles. The molecule has 4 nitrogen and oxygen atoms in total. The molecule has 0 N–H and O–H groups in total. The summed E-state index contributed by atoms with van der Waals surface area (Å²) in [6, 6.07) is 0. The molecule has 4 atom stereocenters. The Morgan fingerprint density at radius 1 is 1.53 bits per heavy atom. The molecule has 0 saturated carbocycles. The minimum atomic E-state index is -4.19. The van der Waals surface area contributed by atoms with Gasteiger partial charge in [-0.25, -0.2) is 4.79 Å². The van der Waals surface area contributed by atoms with Crippen molar-refractivity contribution in [3.05, 3.63) is 0 Å². The molecule has 2 fully saturated rings. The Labute approximate surface area is 86.4 Å². The smallest absolute Gasteiger partial charge is 0.410 e. The number of carbonyl (C=O) groups is 1. The average Bonchev–Trinajstić information content (AvgIpc) is 2.58. The van der Waals surface area contributed by atoms with E-state index in [2.05, 4.69) is 0 Å². The highest BCUT2D eigenvalue weighted by atomic mass is 31.2. The van der Waals surface area contributed by atoms with Crippen LogP contribution in [0.15, 0.2) is 0 Å². The van der Waals surface area contributed by atoms with Crippen molar-refractivity contribution in [1.82, 2.24) is 0 Å². The zero-order valence-electron chi connectivity index (χ0n) is 8.57. The lowest BCUT2D eigenvalue weighted by molar-refractivity contribution is -0.191. The fourth-order valence-corrected chi connectivity index (χ4v) is 4.31. The third-order valence-electron chi connectivity index (χ3n) is 2.92. The lowest BCUT2D eigenvalue weighted by Crippen LogP contribution is -2.30. The number of rotatable bonds is 1. The Kier molecular flexibility index (Phi) is 2.30. The molecule has 15 heavy (non-hydrogen) atoms. The topological polar surface area (TPSA) is 44.8 Å². The molecule has 2 rings (SSSR count). The summed E-state index contributed by atoms with van der Waals surface area (Å²) >= 11 is 0. The van der Waals surface area contributed by atoms with E-state index in [1.807, 2.05) is 0 Å². The largest absolute Gasteiger partial charge is 0.449 e. The van der Waals surface area contributed by atoms with Gasteiger partial charge in [-0.1, -0.05) is 0 Å². The lowest BCUT2D eigenvalue weighted by Gasteiger charge is -2.15. The van der Waals surface area contributed by atoms with E-state index in [0.717, 1.165) is 0 Å². The molecule has 0 amide bonds. The third-order valence-corrected chi connectivity index (χ3v) is 5.81. The van der Waals surface area contributed by atoms with Crippen molar-refractivity contribution in [2.45, 2.75) is 37.2 Å². The van der Waals surface area contributed by atoms with Gasteiger partial charge in [0, 0.05) is 14.0 Å². The van der Waals surface area contributed by atoms with Crippen LogP contribution in [-0.4, -0.2) is 36.5 Å². The van der Waals surface area contributed by atoms with E-state index in [1.54, 1.807) is 0 Å². The molecular weight excluding hydrogens is 229 g/mol. The van der Waals surface area contributed by atoms with Gasteiger partial charge in [0.05, 0.1) is 0 Å². The quantitative estimate of drug-likeness (QED) is 0.518. The number of carbonyl (C=O) groups excluding carboxylic acids is 1. The second-order valence-electron chi connectivity index (χ2n) is 3.89. The summed E-state index contributed by atoms with van der Waals surface area (Å²) in [6.45, 7) is 2.78. The Morgan fingerprint density at radius 3 is 2.67 bits per heavy atom. The van der Waals surface area contributed by atoms with Crippen molar-refractivity contribution in [2.24, 2.45) is 0 Å². The number of halogens is 2. The van der Waals surface area contributed by atoms with Gasteiger partial charge in [-0.15, -0.1) is 0 Å². The molecule has 2 aliphatic heterocycles. The van der Waals surface area contributed by atoms with Crippen LogP contribution >= 0.6 is 7.88 Å². The van der Waals surface area contributed by atoms with Gasteiger partial charge in [-0.3, -0.25) is 0 Å². The van der Waals surface area contributed by atoms with Gasteiger partial charge in [0.15, 0.2) is 0 Å². The van der Waals surface area contributed by atoms with Crippen molar-refractivity contribution in [3.8, 4) is 0 Å². The summed E-state index contributed by atoms with van der Waals surface area (Å²) in [7, 11) is -2.92. The van der Waals surface area contributed by atoms with E-state index in [4.69, 9.17) is 14.2 Å². The third kappa shape index (κ3) is 1.31. The summed E-state index contributed by atoms with van der Waals surface area (Å²) < 4.78 is 41.4. The van der Waals surface area contributed by atoms with Crippen LogP contribution in [-0.2, 0) is 19.0 Å². The van der Waals surface area contributed by atoms with Crippen LogP contribution in [0.25, 0.3) is 0 Å². The number of esters is 1. The molecule has 0 aromatic heterocycles. The predicted octanol–water partition coefficient (Wildman–Crippen LogP) is 1.81. The minimum Gasteiger partial charge on any atom is -0.410 e. The van der Waals surface area contributed by atoms with Gasteiger partial charge in [-0.05, 0) is 15.3 Å². The number of hydrogen-bond donors (Lipinski definition) is 0. The van der Waals surface area contributed by atoms with Crippen LogP contribution < -0.4 is 0 Å². The molecule has 0 radical (unpaired) electrons.